The number of likely N-dealkylation sites (N-methyl/N-ethyl adjacent to an activating group) is 1. The molecule has 128 valence electrons. The van der Waals surface area contributed by atoms with Crippen molar-refractivity contribution >= 4 is 39.8 Å². The summed E-state index contributed by atoms with van der Waals surface area (Å²) in [5.41, 5.74) is 0. The lowest BCUT2D eigenvalue weighted by Crippen LogP contribution is -2.45. The lowest BCUT2D eigenvalue weighted by molar-refractivity contribution is 0.308. The SMILES string of the molecule is CCN(CC)CCNC(=NC)NC(C)CCS(C)(=O)=O.I. The molecule has 21 heavy (non-hydrogen) atoms. The summed E-state index contributed by atoms with van der Waals surface area (Å²) in [6, 6.07) is 0.0735. The van der Waals surface area contributed by atoms with Gasteiger partial charge in [-0.1, -0.05) is 13.8 Å². The van der Waals surface area contributed by atoms with Crippen LogP contribution in [0.25, 0.3) is 0 Å². The molecule has 0 aromatic rings. The molecular formula is C13H31IN4O2S. The minimum Gasteiger partial charge on any atom is -0.355 e. The molecule has 0 aliphatic carbocycles. The molecule has 0 spiro atoms. The fraction of sp³-hybridized carbons (Fsp3) is 0.923. The van der Waals surface area contributed by atoms with Crippen LogP contribution < -0.4 is 10.6 Å². The Balaban J connectivity index is 0. The summed E-state index contributed by atoms with van der Waals surface area (Å²) in [6.45, 7) is 10.1. The highest BCUT2D eigenvalue weighted by Crippen LogP contribution is 1.95. The van der Waals surface area contributed by atoms with Crippen LogP contribution in [0, 0.1) is 0 Å². The number of hydrogen-bond acceptors (Lipinski definition) is 4. The summed E-state index contributed by atoms with van der Waals surface area (Å²) in [4.78, 5) is 6.47. The predicted octanol–water partition coefficient (Wildman–Crippen LogP) is 0.934. The van der Waals surface area contributed by atoms with E-state index >= 15 is 0 Å². The quantitative estimate of drug-likeness (QED) is 0.321. The van der Waals surface area contributed by atoms with E-state index in [2.05, 4.69) is 34.4 Å². The highest BCUT2D eigenvalue weighted by molar-refractivity contribution is 14.0. The third-order valence-electron chi connectivity index (χ3n) is 3.14. The minimum absolute atomic E-state index is 0. The smallest absolute Gasteiger partial charge is 0.191 e. The van der Waals surface area contributed by atoms with Crippen LogP contribution in [-0.2, 0) is 9.84 Å². The van der Waals surface area contributed by atoms with Crippen LogP contribution in [-0.4, -0.2) is 70.6 Å². The van der Waals surface area contributed by atoms with Crippen LogP contribution >= 0.6 is 24.0 Å². The van der Waals surface area contributed by atoms with Crippen molar-refractivity contribution in [3.63, 3.8) is 0 Å². The molecule has 0 aliphatic heterocycles. The first-order chi connectivity index (χ1) is 9.32. The fourth-order valence-corrected chi connectivity index (χ4v) is 2.55. The van der Waals surface area contributed by atoms with Crippen LogP contribution in [0.1, 0.15) is 27.2 Å². The molecule has 6 nitrogen and oxygen atoms in total. The molecule has 0 aromatic carbocycles. The maximum Gasteiger partial charge on any atom is 0.191 e. The van der Waals surface area contributed by atoms with Gasteiger partial charge in [-0.15, -0.1) is 24.0 Å². The van der Waals surface area contributed by atoms with Gasteiger partial charge in [0.05, 0.1) is 5.75 Å². The average Bonchev–Trinajstić information content (AvgIpc) is 2.39. The summed E-state index contributed by atoms with van der Waals surface area (Å²) >= 11 is 0. The van der Waals surface area contributed by atoms with Crippen LogP contribution in [0.2, 0.25) is 0 Å². The summed E-state index contributed by atoms with van der Waals surface area (Å²) < 4.78 is 22.2. The van der Waals surface area contributed by atoms with Gasteiger partial charge in [0.1, 0.15) is 9.84 Å². The first-order valence-corrected chi connectivity index (χ1v) is 9.25. The molecule has 8 heteroatoms. The Labute approximate surface area is 147 Å². The first kappa shape index (κ1) is 23.2. The van der Waals surface area contributed by atoms with Crippen molar-refractivity contribution < 1.29 is 8.42 Å². The molecule has 0 radical (unpaired) electrons. The Kier molecular flexibility index (Phi) is 13.7. The highest BCUT2D eigenvalue weighted by atomic mass is 127. The number of halogens is 1. The lowest BCUT2D eigenvalue weighted by Gasteiger charge is -2.21. The van der Waals surface area contributed by atoms with Gasteiger partial charge < -0.3 is 15.5 Å². The Morgan fingerprint density at radius 1 is 1.29 bits per heavy atom. The summed E-state index contributed by atoms with van der Waals surface area (Å²) in [6.07, 6.45) is 1.84. The van der Waals surface area contributed by atoms with Gasteiger partial charge in [-0.25, -0.2) is 8.42 Å². The molecule has 0 heterocycles. The van der Waals surface area contributed by atoms with E-state index in [-0.39, 0.29) is 35.8 Å². The average molecular weight is 434 g/mol. The van der Waals surface area contributed by atoms with Gasteiger partial charge >= 0.3 is 0 Å². The largest absolute Gasteiger partial charge is 0.355 e. The van der Waals surface area contributed by atoms with Crippen molar-refractivity contribution in [3.8, 4) is 0 Å². The minimum atomic E-state index is -2.90. The maximum absolute atomic E-state index is 11.1. The van der Waals surface area contributed by atoms with Crippen molar-refractivity contribution in [3.05, 3.63) is 0 Å². The van der Waals surface area contributed by atoms with Crippen LogP contribution in [0.4, 0.5) is 0 Å². The van der Waals surface area contributed by atoms with Gasteiger partial charge in [-0.3, -0.25) is 4.99 Å². The van der Waals surface area contributed by atoms with Gasteiger partial charge in [0.15, 0.2) is 5.96 Å². The molecule has 0 saturated heterocycles. The van der Waals surface area contributed by atoms with E-state index in [1.54, 1.807) is 7.05 Å². The molecule has 1 unspecified atom stereocenters. The Hall–Kier alpha value is -0.0900. The lowest BCUT2D eigenvalue weighted by atomic mass is 10.3. The monoisotopic (exact) mass is 434 g/mol. The zero-order valence-electron chi connectivity index (χ0n) is 13.8. The van der Waals surface area contributed by atoms with Crippen LogP contribution in [0.3, 0.4) is 0 Å². The fourth-order valence-electron chi connectivity index (χ4n) is 1.76. The number of sulfone groups is 1. The van der Waals surface area contributed by atoms with Crippen LogP contribution in [0.5, 0.6) is 0 Å². The molecular weight excluding hydrogens is 403 g/mol. The Morgan fingerprint density at radius 2 is 1.86 bits per heavy atom. The molecule has 0 amide bonds. The van der Waals surface area contributed by atoms with Gasteiger partial charge in [-0.05, 0) is 26.4 Å². The standard InChI is InChI=1S/C13H30N4O2S.HI/c1-6-17(7-2)10-9-15-13(14-4)16-12(3)8-11-20(5,18)19;/h12H,6-11H2,1-5H3,(H2,14,15,16);1H. The zero-order valence-corrected chi connectivity index (χ0v) is 17.0. The molecule has 2 N–H and O–H groups in total. The van der Waals surface area contributed by atoms with E-state index in [9.17, 15) is 8.42 Å². The number of aliphatic imine (C=N–C) groups is 1. The van der Waals surface area contributed by atoms with E-state index < -0.39 is 9.84 Å². The van der Waals surface area contributed by atoms with Gasteiger partial charge in [-0.2, -0.15) is 0 Å². The second kappa shape index (κ2) is 12.5. The summed E-state index contributed by atoms with van der Waals surface area (Å²) in [7, 11) is -1.19. The predicted molar refractivity (Wildman–Crippen MR) is 101 cm³/mol. The van der Waals surface area contributed by atoms with Crippen LogP contribution in [0.15, 0.2) is 4.99 Å². The van der Waals surface area contributed by atoms with Crippen molar-refractivity contribution in [2.45, 2.75) is 33.2 Å². The number of nitrogens with one attached hydrogen (secondary N) is 2. The van der Waals surface area contributed by atoms with E-state index in [1.807, 2.05) is 6.92 Å². The third-order valence-corrected chi connectivity index (χ3v) is 4.12. The second-order valence-electron chi connectivity index (χ2n) is 4.99. The van der Waals surface area contributed by atoms with E-state index in [4.69, 9.17) is 0 Å². The molecule has 0 rings (SSSR count). The summed E-state index contributed by atoms with van der Waals surface area (Å²) in [5, 5.41) is 6.45. The Morgan fingerprint density at radius 3 is 2.29 bits per heavy atom. The molecule has 0 aromatic heterocycles. The van der Waals surface area contributed by atoms with E-state index in [1.165, 1.54) is 6.26 Å². The van der Waals surface area contributed by atoms with Crippen molar-refractivity contribution in [1.29, 1.82) is 0 Å². The number of rotatable bonds is 9. The zero-order chi connectivity index (χ0) is 15.6. The number of hydrogen-bond donors (Lipinski definition) is 2. The van der Waals surface area contributed by atoms with Crippen molar-refractivity contribution in [1.82, 2.24) is 15.5 Å². The molecule has 0 aliphatic rings. The molecule has 1 atom stereocenters. The highest BCUT2D eigenvalue weighted by Gasteiger charge is 2.09. The molecule has 0 bridgehead atoms. The van der Waals surface area contributed by atoms with Gasteiger partial charge in [0.25, 0.3) is 0 Å². The second-order valence-corrected chi connectivity index (χ2v) is 7.25. The van der Waals surface area contributed by atoms with Gasteiger partial charge in [0, 0.05) is 32.4 Å². The summed E-state index contributed by atoms with van der Waals surface area (Å²) in [5.74, 6) is 0.913. The first-order valence-electron chi connectivity index (χ1n) is 7.19. The topological polar surface area (TPSA) is 73.8 Å². The van der Waals surface area contributed by atoms with Crippen molar-refractivity contribution in [2.24, 2.45) is 4.99 Å². The van der Waals surface area contributed by atoms with E-state index in [0.29, 0.717) is 6.42 Å². The molecule has 0 fully saturated rings. The van der Waals surface area contributed by atoms with E-state index in [0.717, 1.165) is 32.1 Å². The van der Waals surface area contributed by atoms with Gasteiger partial charge in [0.2, 0.25) is 0 Å². The number of nitrogens with zero attached hydrogens (tertiary/aromatic N) is 2. The molecule has 0 saturated carbocycles. The maximum atomic E-state index is 11.1. The van der Waals surface area contributed by atoms with Crippen molar-refractivity contribution in [2.75, 3.05) is 45.2 Å². The Bertz CT molecular complexity index is 384. The third kappa shape index (κ3) is 13.3. The number of guanidine groups is 1. The normalized spacial score (nSPS) is 13.7.